The molecule has 9 unspecified atom stereocenters. The van der Waals surface area contributed by atoms with Gasteiger partial charge in [0.05, 0.1) is 44.5 Å². The van der Waals surface area contributed by atoms with Crippen molar-refractivity contribution in [2.24, 2.45) is 0 Å². The lowest BCUT2D eigenvalue weighted by Crippen LogP contribution is -2.40. The van der Waals surface area contributed by atoms with Crippen molar-refractivity contribution >= 4 is 107 Å². The molecular weight excluding hydrogens is 1650 g/mol. The molecule has 0 aromatic carbocycles. The van der Waals surface area contributed by atoms with Crippen molar-refractivity contribution in [2.45, 2.75) is 149 Å². The molecule has 6 saturated heterocycles. The Balaban J connectivity index is 0.000000149. The van der Waals surface area contributed by atoms with Crippen molar-refractivity contribution in [3.63, 3.8) is 0 Å². The van der Waals surface area contributed by atoms with Crippen LogP contribution in [0.1, 0.15) is 56.6 Å². The zero-order chi connectivity index (χ0) is 81.6. The van der Waals surface area contributed by atoms with E-state index in [-0.39, 0.29) is 30.9 Å². The van der Waals surface area contributed by atoms with Crippen LogP contribution in [0, 0.1) is 0 Å². The van der Waals surface area contributed by atoms with Crippen molar-refractivity contribution in [3.05, 3.63) is 143 Å². The fraction of sp³-hybridized carbons (Fsp3) is 0.517. The van der Waals surface area contributed by atoms with Gasteiger partial charge in [0, 0.05) is 83.6 Å². The Morgan fingerprint density at radius 3 is 1.14 bits per heavy atom. The highest BCUT2D eigenvalue weighted by atomic mass is 32.7. The van der Waals surface area contributed by atoms with Crippen LogP contribution in [-0.4, -0.2) is 256 Å². The predicted octanol–water partition coefficient (Wildman–Crippen LogP) is -4.31. The summed E-state index contributed by atoms with van der Waals surface area (Å²) in [5.74, 6) is 0.340. The number of aromatic nitrogens is 17. The second kappa shape index (κ2) is 34.7. The van der Waals surface area contributed by atoms with Crippen LogP contribution >= 0.6 is 32.5 Å². The van der Waals surface area contributed by atoms with Crippen LogP contribution in [0.5, 0.6) is 0 Å². The van der Waals surface area contributed by atoms with Crippen LogP contribution in [-0.2, 0) is 98.0 Å². The van der Waals surface area contributed by atoms with Crippen LogP contribution in [0.4, 0.5) is 17.3 Å². The molecule has 0 spiro atoms. The number of pyridine rings is 1. The smallest absolute Gasteiger partial charge is 0.388 e. The highest BCUT2D eigenvalue weighted by Crippen LogP contribution is 2.59. The van der Waals surface area contributed by atoms with Crippen LogP contribution in [0.3, 0.4) is 0 Å². The third-order valence-electron chi connectivity index (χ3n) is 18.4. The fourth-order valence-corrected chi connectivity index (χ4v) is 18.1. The van der Waals surface area contributed by atoms with Gasteiger partial charge < -0.3 is 100 Å². The highest BCUT2D eigenvalue weighted by Gasteiger charge is 2.54. The van der Waals surface area contributed by atoms with Gasteiger partial charge in [-0.15, -0.1) is 0 Å². The minimum absolute atomic E-state index is 0.0253. The molecule has 15 heterocycles. The number of nitrogens with one attached hydrogen (secondary N) is 3. The lowest BCUT2D eigenvalue weighted by molar-refractivity contribution is -0.134. The van der Waals surface area contributed by atoms with E-state index in [1.807, 2.05) is 0 Å². The van der Waals surface area contributed by atoms with Crippen molar-refractivity contribution in [3.8, 4) is 0 Å². The maximum absolute atomic E-state index is 13.3. The zero-order valence-corrected chi connectivity index (χ0v) is 64.2. The van der Waals surface area contributed by atoms with Crippen LogP contribution in [0.25, 0.3) is 33.5 Å². The molecule has 24 atom stereocenters. The average molecular weight is 1720 g/mol. The number of nitrogen functional groups attached to an aromatic ring is 3. The summed E-state index contributed by atoms with van der Waals surface area (Å²) in [6.07, 6.45) is -11.7. The molecule has 15 rings (SSSR count). The zero-order valence-electron chi connectivity index (χ0n) is 59.0. The minimum atomic E-state index is -4.30. The Morgan fingerprint density at radius 2 is 0.798 bits per heavy atom. The molecule has 0 amide bonds. The number of thiol groups is 1. The van der Waals surface area contributed by atoms with Crippen molar-refractivity contribution in [1.29, 1.82) is 0 Å². The van der Waals surface area contributed by atoms with Gasteiger partial charge in [-0.1, -0.05) is 12.2 Å². The maximum Gasteiger partial charge on any atom is 0.388 e. The number of nitrogens with two attached hydrogens (primary N) is 3. The summed E-state index contributed by atoms with van der Waals surface area (Å²) < 4.78 is 105. The molecule has 0 bridgehead atoms. The SMILES string of the molecule is CO[C@H]1C(OP(=O)(S)O[C@H]2O[C@@H](n3cnc4c(N)ncnc43)CC2O)[C@@H](CO)O[C@H]1n1ccc(=O)[nH]c1=O.CO[C@H]1C(OP(O)(=S)O[C@H]2O[C@@H](n3cnc4c(N)ccnc43)CC2O)[C@@H](CO)O[C@H]1n1ccc(=O)[nH]c1=O.CO[C@H]1C(OP(O)(=S)O[C@H]2O[C@@H](n3cnc4c(N)ncnc43)CC2O)[C@@H](CO)O[C@H]1n1ccc(=O)[nH]c1=O. The topological polar surface area (TPSA) is 678 Å². The van der Waals surface area contributed by atoms with Gasteiger partial charge in [0.15, 0.2) is 66.1 Å². The number of methoxy groups -OCH3 is 3. The van der Waals surface area contributed by atoms with Gasteiger partial charge in [-0.05, 0) is 29.7 Å². The number of ether oxygens (including phenoxy) is 9. The molecule has 618 valence electrons. The third-order valence-corrected chi connectivity index (χ3v) is 23.0. The van der Waals surface area contributed by atoms with E-state index in [1.54, 1.807) is 10.6 Å². The van der Waals surface area contributed by atoms with Gasteiger partial charge in [-0.2, -0.15) is 0 Å². The first kappa shape index (κ1) is 84.0. The number of rotatable bonds is 24. The van der Waals surface area contributed by atoms with Crippen molar-refractivity contribution in [1.82, 2.24) is 82.2 Å². The van der Waals surface area contributed by atoms with Crippen molar-refractivity contribution < 1.29 is 115 Å². The van der Waals surface area contributed by atoms with E-state index in [2.05, 4.69) is 67.1 Å². The standard InChI is InChI=1S/C20H25N6O10PS.2C19H24N7O10PS/c1-32-16-15(11(7-27)33-18(16)25-5-3-12(29)24-20(25)30)35-37(31,38)36-19-10(28)6-13(34-19)26-8-23-14-9(21)2-4-22-17(14)26;2*1-32-14-13(9(5-27)33-17(14)25-3-2-10(29)24-19(25)30)35-37(31,38)36-18-8(28)4-11(34-18)26-7-23-12-15(20)21-6-22-16(12)26/h2-5,8,10-11,13,15-16,18-19,27-28H,6-7H2,1H3,(H2,21,22)(H,31,38)(H,24,29,30);2*2-3,6-9,11,13-14,17-18,27-28H,4-5H2,1H3,(H,31,38)(H2,20,21,22)(H,24,29,30)/t10?,11-,13-,15?,16+,18-,19-,37?;2*8?,9-,11-,13?,14+,17-,18-,37?/m111/s1. The monoisotopic (exact) mass is 1720 g/mol. The first-order valence-corrected chi connectivity index (χ1v) is 41.6. The summed E-state index contributed by atoms with van der Waals surface area (Å²) in [6.45, 7) is -14.4. The van der Waals surface area contributed by atoms with Gasteiger partial charge in [-0.3, -0.25) is 83.9 Å². The first-order chi connectivity index (χ1) is 54.3. The molecule has 6 aliphatic rings. The Bertz CT molecular complexity index is 4970. The molecule has 114 heavy (non-hydrogen) atoms. The van der Waals surface area contributed by atoms with E-state index in [0.717, 1.165) is 31.9 Å². The molecule has 0 aliphatic carbocycles. The van der Waals surface area contributed by atoms with E-state index in [0.29, 0.717) is 39.2 Å². The highest BCUT2D eigenvalue weighted by molar-refractivity contribution is 8.44. The Labute approximate surface area is 651 Å². The van der Waals surface area contributed by atoms with Crippen LogP contribution < -0.4 is 50.9 Å². The molecule has 50 nitrogen and oxygen atoms in total. The summed E-state index contributed by atoms with van der Waals surface area (Å²) in [5.41, 5.74) is 16.1. The Hall–Kier alpha value is -7.88. The van der Waals surface area contributed by atoms with E-state index in [9.17, 15) is 73.8 Å². The third kappa shape index (κ3) is 17.7. The summed E-state index contributed by atoms with van der Waals surface area (Å²) in [4.78, 5) is 132. The molecule has 9 aromatic heterocycles. The van der Waals surface area contributed by atoms with E-state index in [1.165, 1.54) is 86.9 Å². The Morgan fingerprint density at radius 1 is 0.465 bits per heavy atom. The summed E-state index contributed by atoms with van der Waals surface area (Å²) in [7, 11) is 3.90. The number of aliphatic hydroxyl groups is 6. The molecule has 0 saturated carbocycles. The first-order valence-electron chi connectivity index (χ1n) is 33.7. The summed E-state index contributed by atoms with van der Waals surface area (Å²) in [6, 6.07) is 4.93. The van der Waals surface area contributed by atoms with Crippen LogP contribution in [0.2, 0.25) is 0 Å². The number of nitrogens with zero attached hydrogens (tertiary/aromatic N) is 14. The molecule has 56 heteroatoms. The number of anilines is 3. The number of H-pyrrole nitrogens is 3. The maximum atomic E-state index is 13.3. The summed E-state index contributed by atoms with van der Waals surface area (Å²) >= 11 is 14.4. The second-order valence-corrected chi connectivity index (χ2v) is 33.8. The molecule has 0 radical (unpaired) electrons. The minimum Gasteiger partial charge on any atom is -0.397 e. The van der Waals surface area contributed by atoms with Crippen molar-refractivity contribution in [2.75, 3.05) is 58.4 Å². The molecule has 6 fully saturated rings. The molecular formula is C58H73N20O30P3S3. The van der Waals surface area contributed by atoms with Gasteiger partial charge in [0.25, 0.3) is 16.7 Å². The van der Waals surface area contributed by atoms with Gasteiger partial charge >= 0.3 is 37.3 Å². The number of fused-ring (bicyclic) bond motifs is 3. The Kier molecular flexibility index (Phi) is 25.6. The molecule has 9 aromatic rings. The number of imidazole rings is 3. The van der Waals surface area contributed by atoms with Gasteiger partial charge in [-0.25, -0.2) is 58.8 Å². The number of aromatic amines is 3. The van der Waals surface area contributed by atoms with Gasteiger partial charge in [0.1, 0.15) is 121 Å². The lowest BCUT2D eigenvalue weighted by Gasteiger charge is -2.28. The van der Waals surface area contributed by atoms with Crippen LogP contribution in [0.15, 0.2) is 109 Å². The lowest BCUT2D eigenvalue weighted by atomic mass is 10.1. The fourth-order valence-electron chi connectivity index (χ4n) is 13.2. The second-order valence-electron chi connectivity index (χ2n) is 25.5. The normalized spacial score (nSPS) is 31.1. The average Bonchev–Trinajstić information content (AvgIpc) is 1.66. The quantitative estimate of drug-likeness (QED) is 0.0201. The van der Waals surface area contributed by atoms with E-state index < -0.39 is 203 Å². The van der Waals surface area contributed by atoms with E-state index >= 15 is 0 Å². The molecule has 17 N–H and O–H groups in total. The number of hydrogen-bond acceptors (Lipinski definition) is 41. The van der Waals surface area contributed by atoms with Gasteiger partial charge in [0.2, 0.25) is 0 Å². The largest absolute Gasteiger partial charge is 0.397 e. The summed E-state index contributed by atoms with van der Waals surface area (Å²) in [5, 5.41) is 61.2. The molecule has 6 aliphatic heterocycles. The number of hydrogen-bond donors (Lipinski definition) is 15. The predicted molar refractivity (Wildman–Crippen MR) is 392 cm³/mol. The van der Waals surface area contributed by atoms with E-state index in [4.69, 9.17) is 111 Å². The number of aliphatic hydroxyl groups excluding tert-OH is 6.